The van der Waals surface area contributed by atoms with Crippen molar-refractivity contribution in [3.8, 4) is 0 Å². The number of anilines is 1. The lowest BCUT2D eigenvalue weighted by Crippen LogP contribution is -2.45. The zero-order valence-corrected chi connectivity index (χ0v) is 16.7. The van der Waals surface area contributed by atoms with Gasteiger partial charge < -0.3 is 14.6 Å². The van der Waals surface area contributed by atoms with E-state index < -0.39 is 11.9 Å². The molecule has 1 N–H and O–H groups in total. The van der Waals surface area contributed by atoms with Gasteiger partial charge in [0.1, 0.15) is 6.04 Å². The number of hydrogen-bond acceptors (Lipinski definition) is 3. The molecule has 1 aliphatic heterocycles. The van der Waals surface area contributed by atoms with Crippen LogP contribution in [0.15, 0.2) is 75.8 Å². The Hall–Kier alpha value is -2.86. The largest absolute Gasteiger partial charge is 0.444 e. The van der Waals surface area contributed by atoms with Crippen LogP contribution in [0.3, 0.4) is 0 Å². The molecule has 4 rings (SSSR count). The molecule has 5 nitrogen and oxygen atoms in total. The molecular formula is C22H19BrN2O3. The van der Waals surface area contributed by atoms with Crippen LogP contribution >= 0.6 is 15.9 Å². The predicted molar refractivity (Wildman–Crippen MR) is 110 cm³/mol. The summed E-state index contributed by atoms with van der Waals surface area (Å²) in [5.41, 5.74) is 2.79. The van der Waals surface area contributed by atoms with Crippen molar-refractivity contribution in [3.05, 3.63) is 88.3 Å². The SMILES string of the molecule is O=C(N[C@@H](C(=O)N1CCCc2ccccc21)c1ccccc1)c1ccc(Br)o1. The number of hydrogen-bond donors (Lipinski definition) is 1. The second kappa shape index (κ2) is 8.02. The van der Waals surface area contributed by atoms with Gasteiger partial charge in [-0.05, 0) is 58.1 Å². The number of nitrogens with zero attached hydrogens (tertiary/aromatic N) is 1. The molecule has 2 amide bonds. The second-order valence-electron chi connectivity index (χ2n) is 6.64. The molecule has 0 spiro atoms. The third-order valence-electron chi connectivity index (χ3n) is 4.83. The molecule has 1 atom stereocenters. The van der Waals surface area contributed by atoms with Crippen LogP contribution in [-0.4, -0.2) is 18.4 Å². The van der Waals surface area contributed by atoms with Gasteiger partial charge in [0.15, 0.2) is 10.4 Å². The number of carbonyl (C=O) groups excluding carboxylic acids is 2. The Morgan fingerprint density at radius 3 is 2.50 bits per heavy atom. The molecule has 3 aromatic rings. The summed E-state index contributed by atoms with van der Waals surface area (Å²) >= 11 is 3.20. The van der Waals surface area contributed by atoms with Gasteiger partial charge >= 0.3 is 0 Å². The van der Waals surface area contributed by atoms with E-state index in [0.29, 0.717) is 11.2 Å². The summed E-state index contributed by atoms with van der Waals surface area (Å²) < 4.78 is 5.81. The standard InChI is InChI=1S/C22H19BrN2O3/c23-19-13-12-18(28-19)21(26)24-20(16-8-2-1-3-9-16)22(27)25-14-6-10-15-7-4-5-11-17(15)25/h1-5,7-9,11-13,20H,6,10,14H2,(H,24,26)/t20-/m1/s1. The molecule has 28 heavy (non-hydrogen) atoms. The van der Waals surface area contributed by atoms with Gasteiger partial charge in [-0.25, -0.2) is 0 Å². The van der Waals surface area contributed by atoms with Gasteiger partial charge in [0.2, 0.25) is 0 Å². The quantitative estimate of drug-likeness (QED) is 0.652. The van der Waals surface area contributed by atoms with E-state index in [9.17, 15) is 9.59 Å². The number of aryl methyl sites for hydroxylation is 1. The number of furan rings is 1. The lowest BCUT2D eigenvalue weighted by atomic mass is 9.99. The van der Waals surface area contributed by atoms with Crippen molar-refractivity contribution in [1.82, 2.24) is 5.32 Å². The zero-order chi connectivity index (χ0) is 19.5. The third-order valence-corrected chi connectivity index (χ3v) is 5.25. The maximum absolute atomic E-state index is 13.5. The van der Waals surface area contributed by atoms with Crippen LogP contribution in [0.4, 0.5) is 5.69 Å². The minimum Gasteiger partial charge on any atom is -0.444 e. The highest BCUT2D eigenvalue weighted by Gasteiger charge is 2.31. The molecule has 0 aliphatic carbocycles. The van der Waals surface area contributed by atoms with Crippen LogP contribution in [-0.2, 0) is 11.2 Å². The topological polar surface area (TPSA) is 62.6 Å². The number of benzene rings is 2. The average molecular weight is 439 g/mol. The van der Waals surface area contributed by atoms with Crippen LogP contribution in [0, 0.1) is 0 Å². The molecule has 1 aliphatic rings. The van der Waals surface area contributed by atoms with Crippen LogP contribution < -0.4 is 10.2 Å². The Morgan fingerprint density at radius 1 is 1.00 bits per heavy atom. The molecule has 0 bridgehead atoms. The average Bonchev–Trinajstić information content (AvgIpc) is 3.18. The normalized spacial score (nSPS) is 14.2. The molecule has 0 radical (unpaired) electrons. The van der Waals surface area contributed by atoms with Gasteiger partial charge in [0, 0.05) is 12.2 Å². The number of halogens is 1. The first-order valence-electron chi connectivity index (χ1n) is 9.14. The van der Waals surface area contributed by atoms with E-state index in [1.807, 2.05) is 54.6 Å². The summed E-state index contributed by atoms with van der Waals surface area (Å²) in [4.78, 5) is 28.0. The number of rotatable bonds is 4. The predicted octanol–water partition coefficient (Wildman–Crippen LogP) is 4.49. The summed E-state index contributed by atoms with van der Waals surface area (Å²) in [6, 6.07) is 19.6. The van der Waals surface area contributed by atoms with Crippen molar-refractivity contribution >= 4 is 33.4 Å². The molecule has 142 valence electrons. The van der Waals surface area contributed by atoms with Crippen molar-refractivity contribution in [2.24, 2.45) is 0 Å². The fourth-order valence-electron chi connectivity index (χ4n) is 3.49. The van der Waals surface area contributed by atoms with Crippen molar-refractivity contribution in [2.75, 3.05) is 11.4 Å². The Morgan fingerprint density at radius 2 is 1.75 bits per heavy atom. The Labute approximate surface area is 171 Å². The van der Waals surface area contributed by atoms with Crippen molar-refractivity contribution in [1.29, 1.82) is 0 Å². The van der Waals surface area contributed by atoms with E-state index in [0.717, 1.165) is 29.7 Å². The molecule has 1 aromatic heterocycles. The van der Waals surface area contributed by atoms with Crippen molar-refractivity contribution in [3.63, 3.8) is 0 Å². The number of amides is 2. The lowest BCUT2D eigenvalue weighted by molar-refractivity contribution is -0.120. The highest BCUT2D eigenvalue weighted by Crippen LogP contribution is 2.29. The van der Waals surface area contributed by atoms with E-state index in [1.165, 1.54) is 0 Å². The first kappa shape index (κ1) is 18.5. The summed E-state index contributed by atoms with van der Waals surface area (Å²) in [5.74, 6) is -0.435. The monoisotopic (exact) mass is 438 g/mol. The minimum absolute atomic E-state index is 0.152. The molecule has 2 heterocycles. The first-order chi connectivity index (χ1) is 13.6. The summed E-state index contributed by atoms with van der Waals surface area (Å²) in [6.07, 6.45) is 1.84. The van der Waals surface area contributed by atoms with Crippen molar-refractivity contribution < 1.29 is 14.0 Å². The summed E-state index contributed by atoms with van der Waals surface area (Å²) in [6.45, 7) is 0.626. The first-order valence-corrected chi connectivity index (χ1v) is 9.93. The molecule has 2 aromatic carbocycles. The molecule has 6 heteroatoms. The maximum Gasteiger partial charge on any atom is 0.287 e. The van der Waals surface area contributed by atoms with E-state index in [2.05, 4.69) is 21.2 Å². The Kier molecular flexibility index (Phi) is 5.30. The minimum atomic E-state index is -0.802. The van der Waals surface area contributed by atoms with Gasteiger partial charge in [0.25, 0.3) is 11.8 Å². The number of fused-ring (bicyclic) bond motifs is 1. The number of para-hydroxylation sites is 1. The zero-order valence-electron chi connectivity index (χ0n) is 15.1. The Balaban J connectivity index is 1.66. The highest BCUT2D eigenvalue weighted by molar-refractivity contribution is 9.10. The van der Waals surface area contributed by atoms with E-state index in [1.54, 1.807) is 17.0 Å². The molecule has 0 fully saturated rings. The Bertz CT molecular complexity index is 1000. The van der Waals surface area contributed by atoms with Gasteiger partial charge in [0.05, 0.1) is 0 Å². The molecule has 0 unspecified atom stereocenters. The van der Waals surface area contributed by atoms with E-state index >= 15 is 0 Å². The van der Waals surface area contributed by atoms with Gasteiger partial charge in [-0.3, -0.25) is 9.59 Å². The van der Waals surface area contributed by atoms with E-state index in [4.69, 9.17) is 4.42 Å². The molecule has 0 saturated heterocycles. The van der Waals surface area contributed by atoms with Crippen molar-refractivity contribution in [2.45, 2.75) is 18.9 Å². The van der Waals surface area contributed by atoms with Gasteiger partial charge in [-0.15, -0.1) is 0 Å². The highest BCUT2D eigenvalue weighted by atomic mass is 79.9. The fourth-order valence-corrected chi connectivity index (χ4v) is 3.80. The van der Waals surface area contributed by atoms with Crippen LogP contribution in [0.5, 0.6) is 0 Å². The lowest BCUT2D eigenvalue weighted by Gasteiger charge is -2.32. The van der Waals surface area contributed by atoms with Crippen LogP contribution in [0.25, 0.3) is 0 Å². The smallest absolute Gasteiger partial charge is 0.287 e. The van der Waals surface area contributed by atoms with Crippen LogP contribution in [0.2, 0.25) is 0 Å². The number of nitrogens with one attached hydrogen (secondary N) is 1. The van der Waals surface area contributed by atoms with E-state index in [-0.39, 0.29) is 11.7 Å². The molecular weight excluding hydrogens is 420 g/mol. The van der Waals surface area contributed by atoms with Gasteiger partial charge in [-0.2, -0.15) is 0 Å². The summed E-state index contributed by atoms with van der Waals surface area (Å²) in [7, 11) is 0. The fraction of sp³-hybridized carbons (Fsp3) is 0.182. The van der Waals surface area contributed by atoms with Crippen LogP contribution in [0.1, 0.15) is 34.1 Å². The summed E-state index contributed by atoms with van der Waals surface area (Å²) in [5, 5.41) is 2.85. The third kappa shape index (κ3) is 3.73. The maximum atomic E-state index is 13.5. The van der Waals surface area contributed by atoms with Gasteiger partial charge in [-0.1, -0.05) is 48.5 Å². The second-order valence-corrected chi connectivity index (χ2v) is 7.42. The number of carbonyl (C=O) groups is 2. The molecule has 0 saturated carbocycles.